The first-order valence-corrected chi connectivity index (χ1v) is 6.31. The number of benzene rings is 1. The molecule has 1 aromatic heterocycles. The summed E-state index contributed by atoms with van der Waals surface area (Å²) in [5.41, 5.74) is 2.70. The molecular weight excluding hydrogens is 252 g/mol. The molecule has 0 fully saturated rings. The Bertz CT molecular complexity index is 615. The zero-order valence-corrected chi connectivity index (χ0v) is 11.6. The molecule has 0 atom stereocenters. The van der Waals surface area contributed by atoms with Crippen molar-refractivity contribution in [2.75, 3.05) is 7.11 Å². The fourth-order valence-corrected chi connectivity index (χ4v) is 1.85. The topological polar surface area (TPSA) is 55.1 Å². The van der Waals surface area contributed by atoms with E-state index in [0.717, 1.165) is 28.5 Å². The molecule has 0 radical (unpaired) electrons. The van der Waals surface area contributed by atoms with Gasteiger partial charge in [-0.25, -0.2) is 0 Å². The Labute approximate surface area is 118 Å². The third-order valence-corrected chi connectivity index (χ3v) is 2.81. The highest BCUT2D eigenvalue weighted by atomic mass is 16.5. The Balaban J connectivity index is 2.01. The number of aryl methyl sites for hydroxylation is 1. The van der Waals surface area contributed by atoms with E-state index in [4.69, 9.17) is 14.7 Å². The maximum Gasteiger partial charge on any atom is 0.130 e. The largest absolute Gasteiger partial charge is 0.497 e. The molecule has 4 nitrogen and oxygen atoms in total. The monoisotopic (exact) mass is 268 g/mol. The second-order valence-electron chi connectivity index (χ2n) is 4.41. The molecule has 4 heteroatoms. The number of rotatable bonds is 5. The van der Waals surface area contributed by atoms with Crippen LogP contribution in [0.15, 0.2) is 36.4 Å². The molecule has 0 unspecified atom stereocenters. The van der Waals surface area contributed by atoms with Gasteiger partial charge in [0.05, 0.1) is 25.3 Å². The second-order valence-corrected chi connectivity index (χ2v) is 4.41. The third-order valence-electron chi connectivity index (χ3n) is 2.81. The molecule has 0 saturated heterocycles. The molecule has 2 aromatic rings. The summed E-state index contributed by atoms with van der Waals surface area (Å²) in [6.45, 7) is 2.30. The van der Waals surface area contributed by atoms with Gasteiger partial charge in [0.1, 0.15) is 18.1 Å². The molecular formula is C16H16N2O2. The number of ether oxygens (including phenoxy) is 2. The molecule has 0 N–H and O–H groups in total. The van der Waals surface area contributed by atoms with Crippen LogP contribution in [0.5, 0.6) is 11.5 Å². The average molecular weight is 268 g/mol. The summed E-state index contributed by atoms with van der Waals surface area (Å²) in [7, 11) is 1.63. The number of nitrogens with zero attached hydrogens (tertiary/aromatic N) is 2. The second kappa shape index (κ2) is 6.58. The molecule has 102 valence electrons. The van der Waals surface area contributed by atoms with Gasteiger partial charge in [0.2, 0.25) is 0 Å². The fraction of sp³-hybridized carbons (Fsp3) is 0.250. The minimum absolute atomic E-state index is 0.385. The van der Waals surface area contributed by atoms with Crippen molar-refractivity contribution < 1.29 is 9.47 Å². The van der Waals surface area contributed by atoms with E-state index in [2.05, 4.69) is 11.1 Å². The number of hydrogen-bond acceptors (Lipinski definition) is 4. The molecule has 20 heavy (non-hydrogen) atoms. The number of aromatic nitrogens is 1. The van der Waals surface area contributed by atoms with E-state index in [1.165, 1.54) is 0 Å². The van der Waals surface area contributed by atoms with Gasteiger partial charge in [0.15, 0.2) is 0 Å². The van der Waals surface area contributed by atoms with Crippen LogP contribution in [0.4, 0.5) is 0 Å². The number of pyridine rings is 1. The molecule has 0 saturated carbocycles. The lowest BCUT2D eigenvalue weighted by molar-refractivity contribution is 0.299. The maximum atomic E-state index is 8.62. The predicted octanol–water partition coefficient (Wildman–Crippen LogP) is 3.04. The minimum Gasteiger partial charge on any atom is -0.497 e. The fourth-order valence-electron chi connectivity index (χ4n) is 1.85. The molecule has 0 aliphatic carbocycles. The lowest BCUT2D eigenvalue weighted by atomic mass is 10.2. The first-order valence-electron chi connectivity index (χ1n) is 6.31. The Morgan fingerprint density at radius 2 is 1.90 bits per heavy atom. The Morgan fingerprint density at radius 1 is 1.15 bits per heavy atom. The normalized spacial score (nSPS) is 9.85. The van der Waals surface area contributed by atoms with E-state index >= 15 is 0 Å². The van der Waals surface area contributed by atoms with Gasteiger partial charge in [-0.2, -0.15) is 5.26 Å². The Morgan fingerprint density at radius 3 is 2.55 bits per heavy atom. The number of hydrogen-bond donors (Lipinski definition) is 0. The van der Waals surface area contributed by atoms with Crippen molar-refractivity contribution in [3.05, 3.63) is 53.3 Å². The predicted molar refractivity (Wildman–Crippen MR) is 75.6 cm³/mol. The van der Waals surface area contributed by atoms with Crippen molar-refractivity contribution in [3.63, 3.8) is 0 Å². The molecule has 0 spiro atoms. The van der Waals surface area contributed by atoms with Crippen LogP contribution in [0.3, 0.4) is 0 Å². The van der Waals surface area contributed by atoms with Crippen LogP contribution in [-0.2, 0) is 13.0 Å². The Kier molecular flexibility index (Phi) is 4.56. The molecule has 1 aromatic carbocycles. The van der Waals surface area contributed by atoms with E-state index in [0.29, 0.717) is 13.0 Å². The van der Waals surface area contributed by atoms with Gasteiger partial charge in [-0.1, -0.05) is 12.1 Å². The van der Waals surface area contributed by atoms with E-state index < -0.39 is 0 Å². The van der Waals surface area contributed by atoms with E-state index in [-0.39, 0.29) is 0 Å². The highest BCUT2D eigenvalue weighted by Gasteiger charge is 2.02. The van der Waals surface area contributed by atoms with Gasteiger partial charge >= 0.3 is 0 Å². The van der Waals surface area contributed by atoms with Gasteiger partial charge in [0.25, 0.3) is 0 Å². The van der Waals surface area contributed by atoms with Crippen molar-refractivity contribution in [2.24, 2.45) is 0 Å². The lowest BCUT2D eigenvalue weighted by Gasteiger charge is -2.08. The van der Waals surface area contributed by atoms with E-state index in [1.54, 1.807) is 7.11 Å². The SMILES string of the molecule is COc1cc(C)nc(COc2ccc(CC#N)cc2)c1. The molecule has 0 aliphatic heterocycles. The first kappa shape index (κ1) is 13.9. The minimum atomic E-state index is 0.385. The number of nitriles is 1. The van der Waals surface area contributed by atoms with Crippen LogP contribution in [0.2, 0.25) is 0 Å². The molecule has 0 bridgehead atoms. The van der Waals surface area contributed by atoms with Gasteiger partial charge in [-0.05, 0) is 24.6 Å². The van der Waals surface area contributed by atoms with Crippen LogP contribution in [0.25, 0.3) is 0 Å². The van der Waals surface area contributed by atoms with Crippen molar-refractivity contribution >= 4 is 0 Å². The third kappa shape index (κ3) is 3.72. The van der Waals surface area contributed by atoms with Crippen LogP contribution in [0, 0.1) is 18.3 Å². The lowest BCUT2D eigenvalue weighted by Crippen LogP contribution is -2.00. The smallest absolute Gasteiger partial charge is 0.130 e. The summed E-state index contributed by atoms with van der Waals surface area (Å²) in [5, 5.41) is 8.62. The van der Waals surface area contributed by atoms with Gasteiger partial charge in [-0.15, -0.1) is 0 Å². The Hall–Kier alpha value is -2.54. The molecule has 1 heterocycles. The maximum absolute atomic E-state index is 8.62. The van der Waals surface area contributed by atoms with E-state index in [1.807, 2.05) is 43.3 Å². The van der Waals surface area contributed by atoms with Crippen molar-refractivity contribution in [1.29, 1.82) is 5.26 Å². The van der Waals surface area contributed by atoms with Gasteiger partial charge < -0.3 is 9.47 Å². The van der Waals surface area contributed by atoms with Crippen LogP contribution in [-0.4, -0.2) is 12.1 Å². The van der Waals surface area contributed by atoms with Gasteiger partial charge in [0, 0.05) is 17.8 Å². The zero-order valence-electron chi connectivity index (χ0n) is 11.6. The summed E-state index contributed by atoms with van der Waals surface area (Å²) in [5.74, 6) is 1.54. The molecule has 0 aliphatic rings. The standard InChI is InChI=1S/C16H16N2O2/c1-12-9-16(19-2)10-14(18-12)11-20-15-5-3-13(4-6-15)7-8-17/h3-6,9-10H,7,11H2,1-2H3. The summed E-state index contributed by atoms with van der Waals surface area (Å²) in [6, 6.07) is 13.4. The molecule has 2 rings (SSSR count). The van der Waals surface area contributed by atoms with E-state index in [9.17, 15) is 0 Å². The van der Waals surface area contributed by atoms with Crippen LogP contribution in [0.1, 0.15) is 17.0 Å². The van der Waals surface area contributed by atoms with Crippen molar-refractivity contribution in [3.8, 4) is 17.6 Å². The summed E-state index contributed by atoms with van der Waals surface area (Å²) >= 11 is 0. The summed E-state index contributed by atoms with van der Waals surface area (Å²) in [4.78, 5) is 4.40. The average Bonchev–Trinajstić information content (AvgIpc) is 2.46. The molecule has 0 amide bonds. The highest BCUT2D eigenvalue weighted by molar-refractivity contribution is 5.30. The quantitative estimate of drug-likeness (QED) is 0.836. The summed E-state index contributed by atoms with van der Waals surface area (Å²) in [6.07, 6.45) is 0.414. The van der Waals surface area contributed by atoms with Gasteiger partial charge in [-0.3, -0.25) is 4.98 Å². The van der Waals surface area contributed by atoms with Crippen molar-refractivity contribution in [1.82, 2.24) is 4.98 Å². The summed E-state index contributed by atoms with van der Waals surface area (Å²) < 4.78 is 10.9. The van der Waals surface area contributed by atoms with Crippen molar-refractivity contribution in [2.45, 2.75) is 20.0 Å². The van der Waals surface area contributed by atoms with Crippen LogP contribution < -0.4 is 9.47 Å². The number of methoxy groups -OCH3 is 1. The van der Waals surface area contributed by atoms with Crippen LogP contribution >= 0.6 is 0 Å². The highest BCUT2D eigenvalue weighted by Crippen LogP contribution is 2.17. The first-order chi connectivity index (χ1) is 9.71. The zero-order chi connectivity index (χ0) is 14.4.